The SMILES string of the molecule is CCSc1ccc(-c2ccc(C[C@@H](C#N)NC(=O)C3NC4CC(C)C3C4)c(F)c2)cc1. The van der Waals surface area contributed by atoms with Crippen LogP contribution in [-0.4, -0.2) is 29.8 Å². The molecule has 2 aliphatic rings. The number of carbonyl (C=O) groups is 1. The molecule has 4 rings (SSSR count). The summed E-state index contributed by atoms with van der Waals surface area (Å²) < 4.78 is 14.8. The molecule has 6 heteroatoms. The lowest BCUT2D eigenvalue weighted by Gasteiger charge is -2.28. The first-order valence-electron chi connectivity index (χ1n) is 11.0. The van der Waals surface area contributed by atoms with Crippen molar-refractivity contribution in [3.05, 3.63) is 53.8 Å². The van der Waals surface area contributed by atoms with Gasteiger partial charge in [-0.15, -0.1) is 11.8 Å². The average Bonchev–Trinajstić information content (AvgIpc) is 3.35. The normalized spacial score (nSPS) is 25.2. The van der Waals surface area contributed by atoms with E-state index >= 15 is 0 Å². The molecule has 4 nitrogen and oxygen atoms in total. The monoisotopic (exact) mass is 437 g/mol. The van der Waals surface area contributed by atoms with Crippen LogP contribution < -0.4 is 10.6 Å². The van der Waals surface area contributed by atoms with Crippen LogP contribution in [0.4, 0.5) is 4.39 Å². The van der Waals surface area contributed by atoms with Crippen LogP contribution in [0.15, 0.2) is 47.4 Å². The van der Waals surface area contributed by atoms with E-state index in [9.17, 15) is 14.4 Å². The molecular formula is C25H28FN3OS. The van der Waals surface area contributed by atoms with E-state index in [-0.39, 0.29) is 24.2 Å². The molecule has 2 aromatic carbocycles. The molecule has 1 amide bonds. The van der Waals surface area contributed by atoms with Crippen LogP contribution in [0.2, 0.25) is 0 Å². The zero-order chi connectivity index (χ0) is 22.0. The minimum absolute atomic E-state index is 0.146. The number of piperidine rings is 1. The highest BCUT2D eigenvalue weighted by Gasteiger charge is 2.47. The smallest absolute Gasteiger partial charge is 0.238 e. The number of rotatable bonds is 7. The van der Waals surface area contributed by atoms with E-state index in [1.54, 1.807) is 17.8 Å². The Morgan fingerprint density at radius 2 is 2.00 bits per heavy atom. The van der Waals surface area contributed by atoms with Crippen LogP contribution in [-0.2, 0) is 11.2 Å². The van der Waals surface area contributed by atoms with Crippen molar-refractivity contribution in [3.63, 3.8) is 0 Å². The fraction of sp³-hybridized carbons (Fsp3) is 0.440. The zero-order valence-electron chi connectivity index (χ0n) is 17.9. The number of hydrogen-bond donors (Lipinski definition) is 2. The quantitative estimate of drug-likeness (QED) is 0.624. The van der Waals surface area contributed by atoms with Crippen molar-refractivity contribution in [2.24, 2.45) is 11.8 Å². The van der Waals surface area contributed by atoms with Gasteiger partial charge >= 0.3 is 0 Å². The summed E-state index contributed by atoms with van der Waals surface area (Å²) in [5.74, 6) is 1.35. The van der Waals surface area contributed by atoms with Gasteiger partial charge in [-0.3, -0.25) is 4.79 Å². The second-order valence-corrected chi connectivity index (χ2v) is 9.95. The van der Waals surface area contributed by atoms with E-state index in [1.165, 1.54) is 11.0 Å². The first-order valence-corrected chi connectivity index (χ1v) is 11.9. The van der Waals surface area contributed by atoms with E-state index < -0.39 is 6.04 Å². The maximum atomic E-state index is 14.8. The number of halogens is 1. The molecule has 2 fully saturated rings. The van der Waals surface area contributed by atoms with Gasteiger partial charge in [-0.25, -0.2) is 4.39 Å². The Hall–Kier alpha value is -2.36. The lowest BCUT2D eigenvalue weighted by Crippen LogP contribution is -2.52. The van der Waals surface area contributed by atoms with Gasteiger partial charge in [-0.05, 0) is 65.3 Å². The molecule has 4 unspecified atom stereocenters. The number of nitrogens with one attached hydrogen (secondary N) is 2. The van der Waals surface area contributed by atoms with E-state index in [2.05, 4.69) is 30.6 Å². The number of fused-ring (bicyclic) bond motifs is 2. The van der Waals surface area contributed by atoms with Gasteiger partial charge < -0.3 is 10.6 Å². The first kappa shape index (κ1) is 21.9. The molecule has 0 radical (unpaired) electrons. The number of carbonyl (C=O) groups excluding carboxylic acids is 1. The predicted octanol–water partition coefficient (Wildman–Crippen LogP) is 4.54. The number of amides is 1. The molecule has 2 N–H and O–H groups in total. The van der Waals surface area contributed by atoms with Gasteiger partial charge in [0.05, 0.1) is 12.1 Å². The summed E-state index contributed by atoms with van der Waals surface area (Å²) in [7, 11) is 0. The fourth-order valence-electron chi connectivity index (χ4n) is 4.94. The summed E-state index contributed by atoms with van der Waals surface area (Å²) in [5.41, 5.74) is 2.18. The topological polar surface area (TPSA) is 64.9 Å². The summed E-state index contributed by atoms with van der Waals surface area (Å²) in [6.07, 6.45) is 2.27. The predicted molar refractivity (Wildman–Crippen MR) is 122 cm³/mol. The maximum absolute atomic E-state index is 14.8. The largest absolute Gasteiger partial charge is 0.339 e. The molecule has 31 heavy (non-hydrogen) atoms. The van der Waals surface area contributed by atoms with Gasteiger partial charge in [0.25, 0.3) is 0 Å². The molecule has 5 atom stereocenters. The Morgan fingerprint density at radius 1 is 1.26 bits per heavy atom. The standard InChI is InChI=1S/C25H28FN3OS/c1-3-31-21-8-6-16(7-9-21)17-4-5-18(23(26)12-17)11-20(14-27)29-25(30)24-22-13-19(28-24)10-15(22)2/h4-9,12,15,19-20,22,24,28H,3,10-11,13H2,1-2H3,(H,29,30)/t15?,19?,20-,22?,24?/m0/s1. The van der Waals surface area contributed by atoms with Crippen molar-refractivity contribution in [1.29, 1.82) is 5.26 Å². The third-order valence-electron chi connectivity index (χ3n) is 6.52. The van der Waals surface area contributed by atoms with Crippen LogP contribution in [0.1, 0.15) is 32.3 Å². The van der Waals surface area contributed by atoms with Gasteiger partial charge in [0.15, 0.2) is 0 Å². The zero-order valence-corrected chi connectivity index (χ0v) is 18.7. The van der Waals surface area contributed by atoms with E-state index in [1.807, 2.05) is 30.3 Å². The Balaban J connectivity index is 1.41. The molecule has 1 heterocycles. The Labute approximate surface area is 187 Å². The molecule has 1 aliphatic carbocycles. The number of thioether (sulfide) groups is 1. The van der Waals surface area contributed by atoms with Crippen LogP contribution in [0.5, 0.6) is 0 Å². The summed E-state index contributed by atoms with van der Waals surface area (Å²) in [5, 5.41) is 15.7. The summed E-state index contributed by atoms with van der Waals surface area (Å²) in [6.45, 7) is 4.29. The van der Waals surface area contributed by atoms with E-state index in [4.69, 9.17) is 0 Å². The molecule has 1 saturated heterocycles. The van der Waals surface area contributed by atoms with Crippen molar-refractivity contribution in [2.45, 2.75) is 56.1 Å². The van der Waals surface area contributed by atoms with Crippen LogP contribution in [0, 0.1) is 29.0 Å². The fourth-order valence-corrected chi connectivity index (χ4v) is 5.60. The van der Waals surface area contributed by atoms with Crippen molar-refractivity contribution in [1.82, 2.24) is 10.6 Å². The second-order valence-electron chi connectivity index (χ2n) is 8.61. The molecule has 0 spiro atoms. The van der Waals surface area contributed by atoms with Gasteiger partial charge in [0.1, 0.15) is 11.9 Å². The Kier molecular flexibility index (Phi) is 6.64. The van der Waals surface area contributed by atoms with E-state index in [0.717, 1.165) is 29.7 Å². The van der Waals surface area contributed by atoms with Crippen molar-refractivity contribution in [3.8, 4) is 17.2 Å². The van der Waals surface area contributed by atoms with Gasteiger partial charge in [-0.2, -0.15) is 5.26 Å². The van der Waals surface area contributed by atoms with Crippen molar-refractivity contribution < 1.29 is 9.18 Å². The molecule has 2 bridgehead atoms. The third-order valence-corrected chi connectivity index (χ3v) is 7.41. The number of hydrogen-bond acceptors (Lipinski definition) is 4. The number of nitrogens with zero attached hydrogens (tertiary/aromatic N) is 1. The van der Waals surface area contributed by atoms with Crippen LogP contribution >= 0.6 is 11.8 Å². The summed E-state index contributed by atoms with van der Waals surface area (Å²) in [6, 6.07) is 14.7. The Morgan fingerprint density at radius 3 is 2.61 bits per heavy atom. The third kappa shape index (κ3) is 4.78. The van der Waals surface area contributed by atoms with Crippen molar-refractivity contribution >= 4 is 17.7 Å². The van der Waals surface area contributed by atoms with Crippen LogP contribution in [0.3, 0.4) is 0 Å². The highest BCUT2D eigenvalue weighted by molar-refractivity contribution is 7.99. The molecule has 162 valence electrons. The minimum atomic E-state index is -0.755. The molecule has 2 aromatic rings. The maximum Gasteiger partial charge on any atom is 0.238 e. The Bertz CT molecular complexity index is 987. The molecule has 0 aromatic heterocycles. The molecule has 1 aliphatic heterocycles. The van der Waals surface area contributed by atoms with Gasteiger partial charge in [0, 0.05) is 17.4 Å². The van der Waals surface area contributed by atoms with Gasteiger partial charge in [0.2, 0.25) is 5.91 Å². The average molecular weight is 438 g/mol. The summed E-state index contributed by atoms with van der Waals surface area (Å²) in [4.78, 5) is 13.9. The minimum Gasteiger partial charge on any atom is -0.339 e. The molecule has 1 saturated carbocycles. The van der Waals surface area contributed by atoms with Crippen LogP contribution in [0.25, 0.3) is 11.1 Å². The first-order chi connectivity index (χ1) is 15.0. The van der Waals surface area contributed by atoms with E-state index in [0.29, 0.717) is 23.4 Å². The number of nitriles is 1. The number of benzene rings is 2. The van der Waals surface area contributed by atoms with Crippen molar-refractivity contribution in [2.75, 3.05) is 5.75 Å². The lowest BCUT2D eigenvalue weighted by atomic mass is 9.89. The van der Waals surface area contributed by atoms with Gasteiger partial charge in [-0.1, -0.05) is 38.1 Å². The second kappa shape index (κ2) is 9.42. The lowest BCUT2D eigenvalue weighted by molar-refractivity contribution is -0.124. The summed E-state index contributed by atoms with van der Waals surface area (Å²) >= 11 is 1.77. The highest BCUT2D eigenvalue weighted by atomic mass is 32.2. The molecular weight excluding hydrogens is 409 g/mol. The highest BCUT2D eigenvalue weighted by Crippen LogP contribution is 2.40.